The van der Waals surface area contributed by atoms with Crippen molar-refractivity contribution in [3.63, 3.8) is 0 Å². The Balaban J connectivity index is 1.45. The van der Waals surface area contributed by atoms with E-state index in [1.807, 2.05) is 18.2 Å². The first-order valence-corrected chi connectivity index (χ1v) is 10.2. The van der Waals surface area contributed by atoms with Crippen LogP contribution in [0.2, 0.25) is 0 Å². The van der Waals surface area contributed by atoms with Crippen LogP contribution in [0.5, 0.6) is 23.0 Å². The molecule has 1 amide bonds. The second-order valence-electron chi connectivity index (χ2n) is 7.26. The van der Waals surface area contributed by atoms with E-state index in [4.69, 9.17) is 23.7 Å². The van der Waals surface area contributed by atoms with Gasteiger partial charge >= 0.3 is 5.97 Å². The highest BCUT2D eigenvalue weighted by Gasteiger charge is 2.32. The summed E-state index contributed by atoms with van der Waals surface area (Å²) in [4.78, 5) is 27.3. The lowest BCUT2D eigenvalue weighted by Crippen LogP contribution is -2.34. The van der Waals surface area contributed by atoms with E-state index in [0.717, 1.165) is 18.4 Å². The minimum Gasteiger partial charge on any atom is -0.496 e. The zero-order valence-corrected chi connectivity index (χ0v) is 17.6. The number of hydrogen-bond acceptors (Lipinski definition) is 7. The van der Waals surface area contributed by atoms with Crippen molar-refractivity contribution in [3.8, 4) is 23.0 Å². The molecule has 0 aliphatic carbocycles. The van der Waals surface area contributed by atoms with Gasteiger partial charge in [0.25, 0.3) is 5.91 Å². The Kier molecular flexibility index (Phi) is 6.16. The van der Waals surface area contributed by atoms with E-state index in [0.29, 0.717) is 42.8 Å². The molecule has 2 aliphatic heterocycles. The number of fused-ring (bicyclic) bond motifs is 1. The van der Waals surface area contributed by atoms with Crippen LogP contribution in [0.15, 0.2) is 36.4 Å². The average molecular weight is 427 g/mol. The monoisotopic (exact) mass is 427 g/mol. The second-order valence-corrected chi connectivity index (χ2v) is 7.26. The van der Waals surface area contributed by atoms with E-state index in [2.05, 4.69) is 0 Å². The molecule has 0 aromatic heterocycles. The zero-order valence-electron chi connectivity index (χ0n) is 17.6. The number of carbonyl (C=O) groups is 2. The van der Waals surface area contributed by atoms with Gasteiger partial charge in [0.05, 0.1) is 20.3 Å². The summed E-state index contributed by atoms with van der Waals surface area (Å²) < 4.78 is 27.0. The summed E-state index contributed by atoms with van der Waals surface area (Å²) in [5.74, 6) is 1.14. The number of likely N-dealkylation sites (tertiary alicyclic amines) is 1. The molecule has 2 heterocycles. The highest BCUT2D eigenvalue weighted by molar-refractivity contribution is 5.96. The highest BCUT2D eigenvalue weighted by atomic mass is 16.6. The molecule has 8 nitrogen and oxygen atoms in total. The number of benzene rings is 2. The summed E-state index contributed by atoms with van der Waals surface area (Å²) in [6.45, 7) is 1.28. The minimum atomic E-state index is -0.669. The van der Waals surface area contributed by atoms with Gasteiger partial charge < -0.3 is 28.6 Å². The topological polar surface area (TPSA) is 83.5 Å². The second kappa shape index (κ2) is 9.16. The number of amides is 1. The predicted molar refractivity (Wildman–Crippen MR) is 111 cm³/mol. The molecule has 8 heteroatoms. The quantitative estimate of drug-likeness (QED) is 0.656. The lowest BCUT2D eigenvalue weighted by Gasteiger charge is -2.26. The molecular weight excluding hydrogens is 402 g/mol. The number of carbonyl (C=O) groups excluding carboxylic acids is 2. The summed E-state index contributed by atoms with van der Waals surface area (Å²) in [6, 6.07) is 10.6. The zero-order chi connectivity index (χ0) is 21.8. The summed E-state index contributed by atoms with van der Waals surface area (Å²) >= 11 is 0. The molecule has 4 rings (SSSR count). The summed E-state index contributed by atoms with van der Waals surface area (Å²) in [7, 11) is 2.91. The van der Waals surface area contributed by atoms with Crippen molar-refractivity contribution in [2.75, 3.05) is 40.6 Å². The summed E-state index contributed by atoms with van der Waals surface area (Å²) in [5, 5.41) is 0. The lowest BCUT2D eigenvalue weighted by atomic mass is 10.0. The number of ether oxygens (including phenoxy) is 5. The van der Waals surface area contributed by atoms with Crippen LogP contribution in [0.4, 0.5) is 0 Å². The molecule has 1 saturated heterocycles. The van der Waals surface area contributed by atoms with E-state index in [1.165, 1.54) is 14.2 Å². The molecular formula is C23H25NO7. The smallest absolute Gasteiger partial charge is 0.346 e. The Morgan fingerprint density at radius 3 is 2.45 bits per heavy atom. The fourth-order valence-electron chi connectivity index (χ4n) is 4.01. The summed E-state index contributed by atoms with van der Waals surface area (Å²) in [5.41, 5.74) is 1.14. The Hall–Kier alpha value is -3.42. The largest absolute Gasteiger partial charge is 0.496 e. The molecule has 0 spiro atoms. The van der Waals surface area contributed by atoms with Gasteiger partial charge in [-0.3, -0.25) is 4.79 Å². The van der Waals surface area contributed by atoms with E-state index < -0.39 is 5.97 Å². The van der Waals surface area contributed by atoms with Gasteiger partial charge in [-0.05, 0) is 42.7 Å². The van der Waals surface area contributed by atoms with Gasteiger partial charge in [0.2, 0.25) is 0 Å². The van der Waals surface area contributed by atoms with Gasteiger partial charge in [0, 0.05) is 6.54 Å². The van der Waals surface area contributed by atoms with Gasteiger partial charge in [0.1, 0.15) is 30.3 Å². The number of methoxy groups -OCH3 is 2. The normalized spacial score (nSPS) is 17.2. The third-order valence-electron chi connectivity index (χ3n) is 5.48. The molecule has 0 radical (unpaired) electrons. The molecule has 2 aliphatic rings. The van der Waals surface area contributed by atoms with Crippen molar-refractivity contribution in [1.82, 2.24) is 4.90 Å². The molecule has 0 saturated carbocycles. The first-order valence-electron chi connectivity index (χ1n) is 10.2. The number of nitrogens with zero attached hydrogens (tertiary/aromatic N) is 1. The third kappa shape index (κ3) is 4.23. The van der Waals surface area contributed by atoms with Crippen molar-refractivity contribution in [3.05, 3.63) is 47.5 Å². The van der Waals surface area contributed by atoms with Gasteiger partial charge in [-0.25, -0.2) is 4.79 Å². The molecule has 0 N–H and O–H groups in total. The SMILES string of the molecule is COc1cccc(OC)c1C(=O)OCC(=O)N1CCCC1c1ccc2c(c1)OCCO2. The van der Waals surface area contributed by atoms with Crippen LogP contribution in [0, 0.1) is 0 Å². The van der Waals surface area contributed by atoms with E-state index >= 15 is 0 Å². The van der Waals surface area contributed by atoms with Crippen molar-refractivity contribution in [2.45, 2.75) is 18.9 Å². The first kappa shape index (κ1) is 20.8. The third-order valence-corrected chi connectivity index (χ3v) is 5.48. The maximum absolute atomic E-state index is 12.9. The molecule has 31 heavy (non-hydrogen) atoms. The van der Waals surface area contributed by atoms with E-state index in [-0.39, 0.29) is 24.1 Å². The fraction of sp³-hybridized carbons (Fsp3) is 0.391. The lowest BCUT2D eigenvalue weighted by molar-refractivity contribution is -0.135. The molecule has 164 valence electrons. The van der Waals surface area contributed by atoms with Crippen LogP contribution in [0.25, 0.3) is 0 Å². The van der Waals surface area contributed by atoms with Crippen LogP contribution in [0.1, 0.15) is 34.8 Å². The molecule has 1 fully saturated rings. The van der Waals surface area contributed by atoms with Gasteiger partial charge in [-0.1, -0.05) is 12.1 Å². The van der Waals surface area contributed by atoms with E-state index in [9.17, 15) is 9.59 Å². The number of esters is 1. The Morgan fingerprint density at radius 1 is 1.03 bits per heavy atom. The Bertz CT molecular complexity index is 952. The molecule has 2 aromatic carbocycles. The summed E-state index contributed by atoms with van der Waals surface area (Å²) in [6.07, 6.45) is 1.71. The molecule has 1 atom stereocenters. The van der Waals surface area contributed by atoms with Crippen LogP contribution >= 0.6 is 0 Å². The maximum atomic E-state index is 12.9. The fourth-order valence-corrected chi connectivity index (χ4v) is 4.01. The van der Waals surface area contributed by atoms with Crippen molar-refractivity contribution >= 4 is 11.9 Å². The number of hydrogen-bond donors (Lipinski definition) is 0. The minimum absolute atomic E-state index is 0.0946. The van der Waals surface area contributed by atoms with Crippen LogP contribution < -0.4 is 18.9 Å². The van der Waals surface area contributed by atoms with Crippen molar-refractivity contribution in [1.29, 1.82) is 0 Å². The molecule has 2 aromatic rings. The molecule has 0 bridgehead atoms. The Morgan fingerprint density at radius 2 is 1.74 bits per heavy atom. The maximum Gasteiger partial charge on any atom is 0.346 e. The van der Waals surface area contributed by atoms with Gasteiger partial charge in [-0.2, -0.15) is 0 Å². The van der Waals surface area contributed by atoms with E-state index in [1.54, 1.807) is 23.1 Å². The van der Waals surface area contributed by atoms with Gasteiger partial charge in [0.15, 0.2) is 18.1 Å². The van der Waals surface area contributed by atoms with Crippen LogP contribution in [-0.2, 0) is 9.53 Å². The molecule has 1 unspecified atom stereocenters. The number of rotatable bonds is 6. The van der Waals surface area contributed by atoms with Crippen molar-refractivity contribution < 1.29 is 33.3 Å². The first-order chi connectivity index (χ1) is 15.1. The van der Waals surface area contributed by atoms with Crippen LogP contribution in [-0.4, -0.2) is 57.4 Å². The highest BCUT2D eigenvalue weighted by Crippen LogP contribution is 2.38. The van der Waals surface area contributed by atoms with Gasteiger partial charge in [-0.15, -0.1) is 0 Å². The predicted octanol–water partition coefficient (Wildman–Crippen LogP) is 3.00. The van der Waals surface area contributed by atoms with Crippen molar-refractivity contribution in [2.24, 2.45) is 0 Å². The standard InChI is InChI=1S/C23H25NO7/c1-27-18-6-3-7-19(28-2)22(18)23(26)31-14-21(25)24-10-4-5-16(24)15-8-9-17-20(13-15)30-12-11-29-17/h3,6-9,13,16H,4-5,10-12,14H2,1-2H3. The average Bonchev–Trinajstić information content (AvgIpc) is 3.31. The van der Waals surface area contributed by atoms with Crippen LogP contribution in [0.3, 0.4) is 0 Å². The Labute approximate surface area is 180 Å².